The van der Waals surface area contributed by atoms with Gasteiger partial charge in [-0.2, -0.15) is 4.31 Å². The Morgan fingerprint density at radius 1 is 1.02 bits per heavy atom. The maximum atomic E-state index is 14.3. The molecule has 0 unspecified atom stereocenters. The fourth-order valence-electron chi connectivity index (χ4n) is 6.24. The number of rotatable bonds is 18. The van der Waals surface area contributed by atoms with Gasteiger partial charge in [-0.1, -0.05) is 86.9 Å². The standard InChI is InChI=1S/C38H49N7O8S/c1-6-26(4)36(45-24-35(47)44(38(45)49)22-30-16-17-39-32(19-30)27(5)42-51)37(48)41-33(18-28-10-8-7-9-11-28)34(46)23-43(21-25(2)3)54(52,53)31-14-12-29(13-15-31)20-40-50/h7-17,19-20,25-26,33-34,36,46,50-51H,6,18,21-24H2,1-5H3,(H,41,48)/b40-20+,42-27?/t26-,33-,34+,36-/m0/s1. The van der Waals surface area contributed by atoms with Crippen LogP contribution < -0.4 is 5.32 Å². The summed E-state index contributed by atoms with van der Waals surface area (Å²) in [6.07, 6.45) is 1.89. The minimum absolute atomic E-state index is 0.0210. The van der Waals surface area contributed by atoms with E-state index in [9.17, 15) is 27.9 Å². The van der Waals surface area contributed by atoms with E-state index in [1.165, 1.54) is 45.9 Å². The number of aliphatic hydroxyl groups is 1. The monoisotopic (exact) mass is 763 g/mol. The maximum Gasteiger partial charge on any atom is 0.328 e. The Kier molecular flexibility index (Phi) is 14.4. The normalized spacial score (nSPS) is 16.3. The van der Waals surface area contributed by atoms with Crippen molar-refractivity contribution in [2.24, 2.45) is 22.1 Å². The van der Waals surface area contributed by atoms with Crippen LogP contribution in [0.25, 0.3) is 0 Å². The number of carbonyl (C=O) groups is 3. The van der Waals surface area contributed by atoms with Gasteiger partial charge in [0.2, 0.25) is 15.9 Å². The Labute approximate surface area is 316 Å². The van der Waals surface area contributed by atoms with Crippen LogP contribution in [0.5, 0.6) is 0 Å². The summed E-state index contributed by atoms with van der Waals surface area (Å²) in [6, 6.07) is 15.4. The Hall–Kier alpha value is -5.19. The Balaban J connectivity index is 1.62. The van der Waals surface area contributed by atoms with Crippen LogP contribution in [0.15, 0.2) is 88.1 Å². The summed E-state index contributed by atoms with van der Waals surface area (Å²) in [5.74, 6) is -1.60. The molecular weight excluding hydrogens is 715 g/mol. The van der Waals surface area contributed by atoms with Gasteiger partial charge >= 0.3 is 6.03 Å². The highest BCUT2D eigenvalue weighted by atomic mass is 32.2. The number of aliphatic hydroxyl groups excluding tert-OH is 1. The van der Waals surface area contributed by atoms with E-state index in [1.54, 1.807) is 26.0 Å². The number of nitrogens with one attached hydrogen (secondary N) is 1. The van der Waals surface area contributed by atoms with Crippen LogP contribution in [0.2, 0.25) is 0 Å². The molecule has 0 radical (unpaired) electrons. The summed E-state index contributed by atoms with van der Waals surface area (Å²) in [5.41, 5.74) is 2.46. The van der Waals surface area contributed by atoms with Gasteiger partial charge in [0.25, 0.3) is 5.91 Å². The van der Waals surface area contributed by atoms with Crippen molar-refractivity contribution in [3.8, 4) is 0 Å². The predicted molar refractivity (Wildman–Crippen MR) is 202 cm³/mol. The highest BCUT2D eigenvalue weighted by Crippen LogP contribution is 2.25. The third kappa shape index (κ3) is 10.3. The molecular formula is C38H49N7O8S. The molecule has 1 fully saturated rings. The van der Waals surface area contributed by atoms with E-state index in [4.69, 9.17) is 10.4 Å². The van der Waals surface area contributed by atoms with Crippen molar-refractivity contribution in [1.82, 2.24) is 24.4 Å². The molecule has 2 heterocycles. The topological polar surface area (TPSA) is 205 Å². The van der Waals surface area contributed by atoms with E-state index < -0.39 is 52.0 Å². The number of aromatic nitrogens is 1. The zero-order valence-corrected chi connectivity index (χ0v) is 31.9. The lowest BCUT2D eigenvalue weighted by atomic mass is 9.95. The summed E-state index contributed by atoms with van der Waals surface area (Å²) in [6.45, 7) is 8.22. The van der Waals surface area contributed by atoms with Crippen molar-refractivity contribution in [2.45, 2.75) is 77.1 Å². The van der Waals surface area contributed by atoms with Gasteiger partial charge in [-0.25, -0.2) is 13.2 Å². The van der Waals surface area contributed by atoms with Crippen molar-refractivity contribution >= 4 is 39.8 Å². The predicted octanol–water partition coefficient (Wildman–Crippen LogP) is 3.70. The second-order valence-corrected chi connectivity index (χ2v) is 15.8. The van der Waals surface area contributed by atoms with Crippen LogP contribution in [-0.4, -0.2) is 111 Å². The van der Waals surface area contributed by atoms with Crippen LogP contribution >= 0.6 is 0 Å². The van der Waals surface area contributed by atoms with Crippen LogP contribution in [0.1, 0.15) is 63.4 Å². The fourth-order valence-corrected chi connectivity index (χ4v) is 7.86. The molecule has 0 aliphatic carbocycles. The van der Waals surface area contributed by atoms with E-state index in [-0.39, 0.29) is 49.1 Å². The molecule has 54 heavy (non-hydrogen) atoms. The van der Waals surface area contributed by atoms with Crippen LogP contribution in [-0.2, 0) is 32.6 Å². The molecule has 290 valence electrons. The number of oxime groups is 2. The van der Waals surface area contributed by atoms with Crippen molar-refractivity contribution in [3.63, 3.8) is 0 Å². The van der Waals surface area contributed by atoms with E-state index in [0.717, 1.165) is 10.5 Å². The molecule has 4 atom stereocenters. The van der Waals surface area contributed by atoms with Gasteiger partial charge in [0.05, 0.1) is 35.5 Å². The number of amides is 4. The molecule has 0 bridgehead atoms. The summed E-state index contributed by atoms with van der Waals surface area (Å²) in [4.78, 5) is 47.9. The smallest absolute Gasteiger partial charge is 0.328 e. The largest absolute Gasteiger partial charge is 0.411 e. The second-order valence-electron chi connectivity index (χ2n) is 13.9. The van der Waals surface area contributed by atoms with E-state index >= 15 is 0 Å². The van der Waals surface area contributed by atoms with Crippen molar-refractivity contribution in [3.05, 3.63) is 95.3 Å². The Morgan fingerprint density at radius 2 is 1.70 bits per heavy atom. The molecule has 4 rings (SSSR count). The molecule has 15 nitrogen and oxygen atoms in total. The average Bonchev–Trinajstić information content (AvgIpc) is 3.42. The molecule has 1 aliphatic rings. The molecule has 4 amide bonds. The molecule has 16 heteroatoms. The number of hydrogen-bond acceptors (Lipinski definition) is 11. The number of benzene rings is 2. The summed E-state index contributed by atoms with van der Waals surface area (Å²) in [5, 5.41) is 38.9. The van der Waals surface area contributed by atoms with Crippen molar-refractivity contribution < 1.29 is 38.3 Å². The quantitative estimate of drug-likeness (QED) is 0.0644. The number of urea groups is 1. The summed E-state index contributed by atoms with van der Waals surface area (Å²) < 4.78 is 29.0. The zero-order valence-electron chi connectivity index (χ0n) is 31.1. The van der Waals surface area contributed by atoms with E-state index in [0.29, 0.717) is 23.2 Å². The molecule has 3 aromatic rings. The lowest BCUT2D eigenvalue weighted by Crippen LogP contribution is -2.57. The second kappa shape index (κ2) is 18.7. The third-order valence-electron chi connectivity index (χ3n) is 9.33. The molecule has 0 spiro atoms. The highest BCUT2D eigenvalue weighted by molar-refractivity contribution is 7.89. The number of nitrogens with zero attached hydrogens (tertiary/aromatic N) is 6. The fraction of sp³-hybridized carbons (Fsp3) is 0.421. The molecule has 4 N–H and O–H groups in total. The number of hydrogen-bond donors (Lipinski definition) is 4. The Bertz CT molecular complexity index is 1920. The molecule has 1 aliphatic heterocycles. The third-order valence-corrected chi connectivity index (χ3v) is 11.2. The number of imide groups is 1. The molecule has 2 aromatic carbocycles. The number of sulfonamides is 1. The Morgan fingerprint density at radius 3 is 2.31 bits per heavy atom. The van der Waals surface area contributed by atoms with Gasteiger partial charge < -0.3 is 25.7 Å². The van der Waals surface area contributed by atoms with Gasteiger partial charge in [0, 0.05) is 19.3 Å². The number of pyridine rings is 1. The lowest BCUT2D eigenvalue weighted by molar-refractivity contribution is -0.129. The molecule has 0 saturated carbocycles. The van der Waals surface area contributed by atoms with E-state index in [2.05, 4.69) is 20.6 Å². The molecule has 1 aromatic heterocycles. The first-order valence-corrected chi connectivity index (χ1v) is 19.2. The average molecular weight is 764 g/mol. The van der Waals surface area contributed by atoms with Gasteiger partial charge in [-0.05, 0) is 66.1 Å². The van der Waals surface area contributed by atoms with E-state index in [1.807, 2.05) is 51.1 Å². The maximum absolute atomic E-state index is 14.3. The zero-order chi connectivity index (χ0) is 39.6. The number of carbonyl (C=O) groups excluding carboxylic acids is 3. The van der Waals surface area contributed by atoms with Crippen molar-refractivity contribution in [2.75, 3.05) is 19.6 Å². The first-order chi connectivity index (χ1) is 25.7. The lowest BCUT2D eigenvalue weighted by Gasteiger charge is -2.34. The summed E-state index contributed by atoms with van der Waals surface area (Å²) >= 11 is 0. The van der Waals surface area contributed by atoms with Crippen molar-refractivity contribution in [1.29, 1.82) is 0 Å². The SMILES string of the molecule is CC[C@H](C)[C@@H](C(=O)N[C@@H](Cc1ccccc1)[C@H](O)CN(CC(C)C)S(=O)(=O)c1ccc(/C=N/O)cc1)N1CC(=O)N(Cc2ccnc(C(C)=NO)c2)C1=O. The minimum Gasteiger partial charge on any atom is -0.411 e. The first kappa shape index (κ1) is 41.6. The minimum atomic E-state index is -4.12. The highest BCUT2D eigenvalue weighted by Gasteiger charge is 2.45. The van der Waals surface area contributed by atoms with Crippen LogP contribution in [0.3, 0.4) is 0 Å². The van der Waals surface area contributed by atoms with Gasteiger partial charge in [0.15, 0.2) is 0 Å². The van der Waals surface area contributed by atoms with Gasteiger partial charge in [-0.15, -0.1) is 0 Å². The summed E-state index contributed by atoms with van der Waals surface area (Å²) in [7, 11) is -4.12. The van der Waals surface area contributed by atoms with Crippen LogP contribution in [0, 0.1) is 11.8 Å². The van der Waals surface area contributed by atoms with Gasteiger partial charge in [-0.3, -0.25) is 19.5 Å². The van der Waals surface area contributed by atoms with Gasteiger partial charge in [0.1, 0.15) is 18.3 Å². The van der Waals surface area contributed by atoms with Crippen LogP contribution in [0.4, 0.5) is 4.79 Å². The first-order valence-electron chi connectivity index (χ1n) is 17.7. The molecule has 1 saturated heterocycles.